The molecule has 1 aliphatic heterocycles. The van der Waals surface area contributed by atoms with Crippen LogP contribution in [0.25, 0.3) is 10.9 Å². The Morgan fingerprint density at radius 2 is 2.16 bits per heavy atom. The van der Waals surface area contributed by atoms with Gasteiger partial charge in [-0.2, -0.15) is 0 Å². The van der Waals surface area contributed by atoms with E-state index < -0.39 is 6.10 Å². The van der Waals surface area contributed by atoms with Crippen LogP contribution in [-0.2, 0) is 0 Å². The molecular weight excluding hydrogens is 236 g/mol. The Morgan fingerprint density at radius 1 is 1.32 bits per heavy atom. The summed E-state index contributed by atoms with van der Waals surface area (Å²) in [6, 6.07) is 10.0. The summed E-state index contributed by atoms with van der Waals surface area (Å²) < 4.78 is 0. The Labute approximate surface area is 113 Å². The van der Waals surface area contributed by atoms with Crippen molar-refractivity contribution in [3.8, 4) is 0 Å². The number of fused-ring (bicyclic) bond motifs is 1. The van der Waals surface area contributed by atoms with E-state index in [4.69, 9.17) is 0 Å². The molecule has 2 atom stereocenters. The standard InChI is InChI=1S/C16H20N2O/c1-16(2)9-8-14(18-16)15(19)12-5-3-7-13-11(12)6-4-10-17-13/h3-7,10,14-15,18-19H,8-9H2,1-2H3/t14-,15+/m0/s1. The molecule has 3 rings (SSSR count). The lowest BCUT2D eigenvalue weighted by molar-refractivity contribution is 0.133. The van der Waals surface area contributed by atoms with E-state index in [1.54, 1.807) is 6.20 Å². The van der Waals surface area contributed by atoms with Crippen molar-refractivity contribution in [1.82, 2.24) is 10.3 Å². The smallest absolute Gasteiger partial charge is 0.0949 e. The first-order valence-electron chi connectivity index (χ1n) is 6.86. The van der Waals surface area contributed by atoms with Crippen molar-refractivity contribution in [2.24, 2.45) is 0 Å². The van der Waals surface area contributed by atoms with Crippen molar-refractivity contribution in [2.75, 3.05) is 0 Å². The number of rotatable bonds is 2. The number of hydrogen-bond acceptors (Lipinski definition) is 3. The molecule has 1 fully saturated rings. The third kappa shape index (κ3) is 2.36. The van der Waals surface area contributed by atoms with Crippen molar-refractivity contribution in [2.45, 2.75) is 44.4 Å². The minimum atomic E-state index is -0.477. The highest BCUT2D eigenvalue weighted by Crippen LogP contribution is 2.32. The molecule has 2 heterocycles. The quantitative estimate of drug-likeness (QED) is 0.868. The van der Waals surface area contributed by atoms with Gasteiger partial charge in [-0.05, 0) is 44.4 Å². The van der Waals surface area contributed by atoms with Gasteiger partial charge in [-0.3, -0.25) is 4.98 Å². The second kappa shape index (κ2) is 4.58. The molecule has 1 aromatic carbocycles. The second-order valence-electron chi connectivity index (χ2n) is 6.04. The predicted molar refractivity (Wildman–Crippen MR) is 76.9 cm³/mol. The SMILES string of the molecule is CC1(C)CC[C@@H]([C@H](O)c2cccc3ncccc23)N1. The average molecular weight is 256 g/mol. The van der Waals surface area contributed by atoms with Gasteiger partial charge in [0, 0.05) is 23.2 Å². The van der Waals surface area contributed by atoms with Crippen LogP contribution in [0.4, 0.5) is 0 Å². The summed E-state index contributed by atoms with van der Waals surface area (Å²) in [4.78, 5) is 4.35. The Morgan fingerprint density at radius 3 is 2.89 bits per heavy atom. The van der Waals surface area contributed by atoms with Gasteiger partial charge in [-0.25, -0.2) is 0 Å². The highest BCUT2D eigenvalue weighted by molar-refractivity contribution is 5.82. The Bertz CT molecular complexity index is 589. The first kappa shape index (κ1) is 12.6. The summed E-state index contributed by atoms with van der Waals surface area (Å²) >= 11 is 0. The van der Waals surface area contributed by atoms with E-state index in [2.05, 4.69) is 24.1 Å². The van der Waals surface area contributed by atoms with Crippen molar-refractivity contribution < 1.29 is 5.11 Å². The van der Waals surface area contributed by atoms with Crippen LogP contribution in [-0.4, -0.2) is 21.7 Å². The first-order valence-corrected chi connectivity index (χ1v) is 6.86. The first-order chi connectivity index (χ1) is 9.07. The maximum absolute atomic E-state index is 10.7. The number of nitrogens with one attached hydrogen (secondary N) is 1. The van der Waals surface area contributed by atoms with Crippen LogP contribution in [0.15, 0.2) is 36.5 Å². The van der Waals surface area contributed by atoms with Gasteiger partial charge >= 0.3 is 0 Å². The molecule has 19 heavy (non-hydrogen) atoms. The van der Waals surface area contributed by atoms with Gasteiger partial charge in [0.1, 0.15) is 0 Å². The summed E-state index contributed by atoms with van der Waals surface area (Å²) in [5.74, 6) is 0. The molecule has 2 aromatic rings. The summed E-state index contributed by atoms with van der Waals surface area (Å²) in [5.41, 5.74) is 2.03. The fraction of sp³-hybridized carbons (Fsp3) is 0.438. The number of aliphatic hydroxyl groups is 1. The lowest BCUT2D eigenvalue weighted by Gasteiger charge is -2.24. The number of aliphatic hydroxyl groups excluding tert-OH is 1. The molecule has 0 radical (unpaired) electrons. The van der Waals surface area contributed by atoms with Crippen LogP contribution in [0, 0.1) is 0 Å². The molecule has 0 spiro atoms. The maximum atomic E-state index is 10.7. The van der Waals surface area contributed by atoms with Crippen molar-refractivity contribution in [1.29, 1.82) is 0 Å². The van der Waals surface area contributed by atoms with Gasteiger partial charge in [-0.15, -0.1) is 0 Å². The lowest BCUT2D eigenvalue weighted by atomic mass is 9.97. The van der Waals surface area contributed by atoms with Gasteiger partial charge in [0.05, 0.1) is 11.6 Å². The molecule has 0 saturated carbocycles. The second-order valence-corrected chi connectivity index (χ2v) is 6.04. The lowest BCUT2D eigenvalue weighted by Crippen LogP contribution is -2.40. The normalized spacial score (nSPS) is 23.6. The molecule has 2 N–H and O–H groups in total. The van der Waals surface area contributed by atoms with Crippen LogP contribution < -0.4 is 5.32 Å². The van der Waals surface area contributed by atoms with E-state index in [1.165, 1.54) is 0 Å². The minimum absolute atomic E-state index is 0.120. The van der Waals surface area contributed by atoms with Gasteiger partial charge < -0.3 is 10.4 Å². The Kier molecular flexibility index (Phi) is 3.03. The summed E-state index contributed by atoms with van der Waals surface area (Å²) in [7, 11) is 0. The van der Waals surface area contributed by atoms with Crippen LogP contribution in [0.5, 0.6) is 0 Å². The zero-order valence-electron chi connectivity index (χ0n) is 11.4. The molecule has 100 valence electrons. The molecule has 1 aliphatic rings. The van der Waals surface area contributed by atoms with E-state index in [0.717, 1.165) is 29.3 Å². The average Bonchev–Trinajstić information content (AvgIpc) is 2.78. The summed E-state index contributed by atoms with van der Waals surface area (Å²) in [6.07, 6.45) is 3.41. The van der Waals surface area contributed by atoms with Crippen LogP contribution >= 0.6 is 0 Å². The fourth-order valence-electron chi connectivity index (χ4n) is 3.00. The molecule has 0 amide bonds. The van der Waals surface area contributed by atoms with E-state index in [-0.39, 0.29) is 11.6 Å². The zero-order valence-corrected chi connectivity index (χ0v) is 11.4. The third-order valence-electron chi connectivity index (χ3n) is 4.04. The number of pyridine rings is 1. The molecule has 3 heteroatoms. The summed E-state index contributed by atoms with van der Waals surface area (Å²) in [6.45, 7) is 4.37. The van der Waals surface area contributed by atoms with E-state index >= 15 is 0 Å². The molecule has 0 aliphatic carbocycles. The number of hydrogen-bond donors (Lipinski definition) is 2. The molecule has 0 bridgehead atoms. The largest absolute Gasteiger partial charge is 0.387 e. The van der Waals surface area contributed by atoms with E-state index in [0.29, 0.717) is 0 Å². The van der Waals surface area contributed by atoms with Crippen molar-refractivity contribution >= 4 is 10.9 Å². The van der Waals surface area contributed by atoms with Crippen LogP contribution in [0.1, 0.15) is 38.4 Å². The van der Waals surface area contributed by atoms with Gasteiger partial charge in [0.25, 0.3) is 0 Å². The Balaban J connectivity index is 1.96. The highest BCUT2D eigenvalue weighted by Gasteiger charge is 2.34. The third-order valence-corrected chi connectivity index (χ3v) is 4.04. The number of benzene rings is 1. The molecular formula is C16H20N2O. The Hall–Kier alpha value is -1.45. The maximum Gasteiger partial charge on any atom is 0.0949 e. The van der Waals surface area contributed by atoms with Gasteiger partial charge in [0.15, 0.2) is 0 Å². The molecule has 1 saturated heterocycles. The molecule has 0 unspecified atom stereocenters. The fourth-order valence-corrected chi connectivity index (χ4v) is 3.00. The van der Waals surface area contributed by atoms with Crippen LogP contribution in [0.3, 0.4) is 0 Å². The van der Waals surface area contributed by atoms with Crippen molar-refractivity contribution in [3.05, 3.63) is 42.1 Å². The number of nitrogens with zero attached hydrogens (tertiary/aromatic N) is 1. The zero-order chi connectivity index (χ0) is 13.5. The topological polar surface area (TPSA) is 45.2 Å². The highest BCUT2D eigenvalue weighted by atomic mass is 16.3. The van der Waals surface area contributed by atoms with Crippen molar-refractivity contribution in [3.63, 3.8) is 0 Å². The summed E-state index contributed by atoms with van der Waals surface area (Å²) in [5, 5.41) is 15.2. The molecule has 3 nitrogen and oxygen atoms in total. The minimum Gasteiger partial charge on any atom is -0.387 e. The van der Waals surface area contributed by atoms with E-state index in [1.807, 2.05) is 30.3 Å². The van der Waals surface area contributed by atoms with E-state index in [9.17, 15) is 5.11 Å². The van der Waals surface area contributed by atoms with Gasteiger partial charge in [-0.1, -0.05) is 18.2 Å². The monoisotopic (exact) mass is 256 g/mol. The van der Waals surface area contributed by atoms with Crippen LogP contribution in [0.2, 0.25) is 0 Å². The molecule has 1 aromatic heterocycles. The predicted octanol–water partition coefficient (Wildman–Crippen LogP) is 2.80. The number of aromatic nitrogens is 1. The van der Waals surface area contributed by atoms with Gasteiger partial charge in [0.2, 0.25) is 0 Å².